The summed E-state index contributed by atoms with van der Waals surface area (Å²) in [6.07, 6.45) is 0. The molecule has 0 bridgehead atoms. The van der Waals surface area contributed by atoms with Crippen LogP contribution in [0.3, 0.4) is 0 Å². The molecule has 2 rings (SSSR count). The number of hydrogen-bond acceptors (Lipinski definition) is 5. The summed E-state index contributed by atoms with van der Waals surface area (Å²) in [5.74, 6) is -0.126. The summed E-state index contributed by atoms with van der Waals surface area (Å²) in [5, 5.41) is 23.5. The van der Waals surface area contributed by atoms with Crippen molar-refractivity contribution >= 4 is 29.3 Å². The van der Waals surface area contributed by atoms with Gasteiger partial charge in [-0.25, -0.2) is 5.48 Å². The molecule has 2 aromatic rings. The van der Waals surface area contributed by atoms with Crippen LogP contribution in [0.1, 0.15) is 5.56 Å². The first-order valence-corrected chi connectivity index (χ1v) is 6.78. The van der Waals surface area contributed by atoms with Crippen molar-refractivity contribution in [3.05, 3.63) is 42.0 Å². The third-order valence-corrected chi connectivity index (χ3v) is 3.50. The van der Waals surface area contributed by atoms with E-state index in [1.807, 2.05) is 30.3 Å². The SMILES string of the molecule is O=C(NO)[C@H](CS)NCc1ccc2ccccc2c1O. The summed E-state index contributed by atoms with van der Waals surface area (Å²) in [6, 6.07) is 10.6. The van der Waals surface area contributed by atoms with E-state index < -0.39 is 11.9 Å². The molecule has 2 aromatic carbocycles. The molecular weight excluding hydrogens is 276 g/mol. The van der Waals surface area contributed by atoms with Gasteiger partial charge in [0.2, 0.25) is 0 Å². The van der Waals surface area contributed by atoms with Crippen LogP contribution in [0.5, 0.6) is 5.75 Å². The minimum Gasteiger partial charge on any atom is -0.507 e. The molecule has 0 fully saturated rings. The number of hydrogen-bond donors (Lipinski definition) is 5. The van der Waals surface area contributed by atoms with Gasteiger partial charge in [-0.15, -0.1) is 0 Å². The predicted molar refractivity (Wildman–Crippen MR) is 80.0 cm³/mol. The molecule has 4 N–H and O–H groups in total. The van der Waals surface area contributed by atoms with Gasteiger partial charge < -0.3 is 10.4 Å². The van der Waals surface area contributed by atoms with Crippen molar-refractivity contribution < 1.29 is 15.1 Å². The third kappa shape index (κ3) is 3.04. The van der Waals surface area contributed by atoms with Crippen LogP contribution in [0.4, 0.5) is 0 Å². The van der Waals surface area contributed by atoms with Crippen LogP contribution in [0.25, 0.3) is 10.8 Å². The highest BCUT2D eigenvalue weighted by Gasteiger charge is 2.16. The molecule has 20 heavy (non-hydrogen) atoms. The molecule has 0 spiro atoms. The first-order valence-electron chi connectivity index (χ1n) is 6.15. The van der Waals surface area contributed by atoms with Crippen molar-refractivity contribution in [2.24, 2.45) is 0 Å². The smallest absolute Gasteiger partial charge is 0.261 e. The molecule has 1 atom stereocenters. The summed E-state index contributed by atoms with van der Waals surface area (Å²) >= 11 is 4.04. The molecule has 1 amide bonds. The number of nitrogens with one attached hydrogen (secondary N) is 2. The molecule has 6 heteroatoms. The Morgan fingerprint density at radius 1 is 1.25 bits per heavy atom. The Morgan fingerprint density at radius 2 is 2.00 bits per heavy atom. The fourth-order valence-corrected chi connectivity index (χ4v) is 2.29. The molecule has 0 radical (unpaired) electrons. The van der Waals surface area contributed by atoms with Crippen molar-refractivity contribution in [1.82, 2.24) is 10.8 Å². The van der Waals surface area contributed by atoms with Gasteiger partial charge in [0.25, 0.3) is 5.91 Å². The number of phenolic OH excluding ortho intramolecular Hbond substituents is 1. The highest BCUT2D eigenvalue weighted by atomic mass is 32.1. The van der Waals surface area contributed by atoms with Crippen molar-refractivity contribution in [1.29, 1.82) is 0 Å². The molecule has 0 saturated carbocycles. The van der Waals surface area contributed by atoms with E-state index in [2.05, 4.69) is 17.9 Å². The highest BCUT2D eigenvalue weighted by molar-refractivity contribution is 7.80. The number of thiol groups is 1. The molecule has 0 saturated heterocycles. The quantitative estimate of drug-likeness (QED) is 0.328. The first kappa shape index (κ1) is 14.6. The summed E-state index contributed by atoms with van der Waals surface area (Å²) in [6.45, 7) is 0.301. The maximum Gasteiger partial charge on any atom is 0.261 e. The van der Waals surface area contributed by atoms with E-state index in [1.54, 1.807) is 11.5 Å². The summed E-state index contributed by atoms with van der Waals surface area (Å²) in [4.78, 5) is 11.3. The van der Waals surface area contributed by atoms with Crippen LogP contribution >= 0.6 is 12.6 Å². The topological polar surface area (TPSA) is 81.6 Å². The lowest BCUT2D eigenvalue weighted by molar-refractivity contribution is -0.130. The second-order valence-electron chi connectivity index (χ2n) is 4.39. The van der Waals surface area contributed by atoms with Crippen LogP contribution in [-0.2, 0) is 11.3 Å². The number of carbonyl (C=O) groups is 1. The van der Waals surface area contributed by atoms with Crippen molar-refractivity contribution in [2.75, 3.05) is 5.75 Å². The molecule has 0 aromatic heterocycles. The largest absolute Gasteiger partial charge is 0.507 e. The van der Waals surface area contributed by atoms with E-state index in [0.29, 0.717) is 12.1 Å². The van der Waals surface area contributed by atoms with Gasteiger partial charge in [-0.1, -0.05) is 36.4 Å². The molecule has 0 heterocycles. The maximum atomic E-state index is 11.3. The molecule has 0 unspecified atom stereocenters. The summed E-state index contributed by atoms with van der Waals surface area (Å²) in [5.41, 5.74) is 2.27. The van der Waals surface area contributed by atoms with Crippen molar-refractivity contribution in [3.63, 3.8) is 0 Å². The predicted octanol–water partition coefficient (Wildman–Crippen LogP) is 1.44. The van der Waals surface area contributed by atoms with Crippen LogP contribution in [0, 0.1) is 0 Å². The molecule has 0 aliphatic rings. The van der Waals surface area contributed by atoms with Gasteiger partial charge >= 0.3 is 0 Å². The second kappa shape index (κ2) is 6.60. The third-order valence-electron chi connectivity index (χ3n) is 3.13. The van der Waals surface area contributed by atoms with Gasteiger partial charge in [-0.05, 0) is 5.39 Å². The Morgan fingerprint density at radius 3 is 2.70 bits per heavy atom. The Labute approximate surface area is 122 Å². The monoisotopic (exact) mass is 292 g/mol. The Bertz CT molecular complexity index is 618. The standard InChI is InChI=1S/C14H16N2O3S/c17-13-10(7-15-12(8-20)14(18)16-19)6-5-9-3-1-2-4-11(9)13/h1-6,12,15,17,19-20H,7-8H2,(H,16,18)/t12-/m0/s1. The molecular formula is C14H16N2O3S. The zero-order chi connectivity index (χ0) is 14.5. The van der Waals surface area contributed by atoms with Crippen molar-refractivity contribution in [2.45, 2.75) is 12.6 Å². The maximum absolute atomic E-state index is 11.3. The van der Waals surface area contributed by atoms with Crippen LogP contribution in [-0.4, -0.2) is 28.0 Å². The van der Waals surface area contributed by atoms with Gasteiger partial charge in [0, 0.05) is 23.2 Å². The van der Waals surface area contributed by atoms with Crippen molar-refractivity contribution in [3.8, 4) is 5.75 Å². The molecule has 0 aliphatic heterocycles. The Hall–Kier alpha value is -1.76. The van der Waals surface area contributed by atoms with Crippen LogP contribution in [0.15, 0.2) is 36.4 Å². The van der Waals surface area contributed by atoms with Crippen LogP contribution < -0.4 is 10.8 Å². The summed E-state index contributed by atoms with van der Waals surface area (Å²) in [7, 11) is 0. The van der Waals surface area contributed by atoms with Gasteiger partial charge in [0.1, 0.15) is 5.75 Å². The fourth-order valence-electron chi connectivity index (χ4n) is 1.99. The number of rotatable bonds is 5. The zero-order valence-electron chi connectivity index (χ0n) is 10.7. The van der Waals surface area contributed by atoms with Crippen LogP contribution in [0.2, 0.25) is 0 Å². The lowest BCUT2D eigenvalue weighted by Gasteiger charge is -2.15. The van der Waals surface area contributed by atoms with Gasteiger partial charge in [-0.3, -0.25) is 10.0 Å². The minimum absolute atomic E-state index is 0.193. The van der Waals surface area contributed by atoms with E-state index >= 15 is 0 Å². The van der Waals surface area contributed by atoms with E-state index in [4.69, 9.17) is 5.21 Å². The molecule has 5 nitrogen and oxygen atoms in total. The highest BCUT2D eigenvalue weighted by Crippen LogP contribution is 2.28. The normalized spacial score (nSPS) is 12.3. The number of aromatic hydroxyl groups is 1. The second-order valence-corrected chi connectivity index (χ2v) is 4.75. The molecule has 106 valence electrons. The van der Waals surface area contributed by atoms with E-state index in [9.17, 15) is 9.90 Å². The number of phenols is 1. The minimum atomic E-state index is -0.630. The van der Waals surface area contributed by atoms with E-state index in [1.165, 1.54) is 0 Å². The lowest BCUT2D eigenvalue weighted by atomic mass is 10.1. The lowest BCUT2D eigenvalue weighted by Crippen LogP contribution is -2.44. The number of hydroxylamine groups is 1. The number of fused-ring (bicyclic) bond motifs is 1. The average Bonchev–Trinajstić information content (AvgIpc) is 2.49. The van der Waals surface area contributed by atoms with Gasteiger partial charge in [0.05, 0.1) is 6.04 Å². The van der Waals surface area contributed by atoms with E-state index in [-0.39, 0.29) is 11.5 Å². The zero-order valence-corrected chi connectivity index (χ0v) is 11.6. The van der Waals surface area contributed by atoms with E-state index in [0.717, 1.165) is 10.8 Å². The number of amides is 1. The number of benzene rings is 2. The number of carbonyl (C=O) groups excluding carboxylic acids is 1. The van der Waals surface area contributed by atoms with Gasteiger partial charge in [-0.2, -0.15) is 12.6 Å². The molecule has 0 aliphatic carbocycles. The Kier molecular flexibility index (Phi) is 4.84. The average molecular weight is 292 g/mol. The fraction of sp³-hybridized carbons (Fsp3) is 0.214. The Balaban J connectivity index is 2.18. The first-order chi connectivity index (χ1) is 9.67. The summed E-state index contributed by atoms with van der Waals surface area (Å²) < 4.78 is 0. The van der Waals surface area contributed by atoms with Gasteiger partial charge in [0.15, 0.2) is 0 Å².